The first-order valence-corrected chi connectivity index (χ1v) is 7.76. The van der Waals surface area contributed by atoms with Gasteiger partial charge in [-0.2, -0.15) is 5.10 Å². The summed E-state index contributed by atoms with van der Waals surface area (Å²) in [5.74, 6) is 0.775. The van der Waals surface area contributed by atoms with E-state index < -0.39 is 0 Å². The van der Waals surface area contributed by atoms with Gasteiger partial charge in [-0.15, -0.1) is 0 Å². The van der Waals surface area contributed by atoms with E-state index in [2.05, 4.69) is 12.0 Å². The van der Waals surface area contributed by atoms with Crippen LogP contribution in [0.2, 0.25) is 0 Å². The monoisotopic (exact) mass is 299 g/mol. The van der Waals surface area contributed by atoms with Gasteiger partial charge in [-0.3, -0.25) is 4.79 Å². The Hall–Kier alpha value is -2.30. The van der Waals surface area contributed by atoms with E-state index in [-0.39, 0.29) is 12.5 Å². The molecule has 1 saturated heterocycles. The fourth-order valence-electron chi connectivity index (χ4n) is 2.81. The fourth-order valence-corrected chi connectivity index (χ4v) is 2.81. The number of nitrogens with zero attached hydrogens (tertiary/aromatic N) is 3. The predicted molar refractivity (Wildman–Crippen MR) is 84.1 cm³/mol. The number of benzene rings is 1. The number of hydrogen-bond acceptors (Lipinski definition) is 3. The molecule has 5 nitrogen and oxygen atoms in total. The molecule has 1 fully saturated rings. The first kappa shape index (κ1) is 14.6. The molecule has 1 aliphatic heterocycles. The van der Waals surface area contributed by atoms with Crippen molar-refractivity contribution < 1.29 is 9.53 Å². The second-order valence-corrected chi connectivity index (χ2v) is 5.67. The lowest BCUT2D eigenvalue weighted by atomic mass is 10.0. The molecule has 5 heteroatoms. The van der Waals surface area contributed by atoms with Crippen molar-refractivity contribution in [3.05, 3.63) is 42.7 Å². The van der Waals surface area contributed by atoms with E-state index >= 15 is 0 Å². The second kappa shape index (κ2) is 6.64. The SMILES string of the molecule is C[C@@H]1CCCCN1C(=O)COc1ccc(-n2cccn2)cc1. The van der Waals surface area contributed by atoms with Gasteiger partial charge in [-0.05, 0) is 56.5 Å². The van der Waals surface area contributed by atoms with E-state index in [1.165, 1.54) is 6.42 Å². The van der Waals surface area contributed by atoms with Crippen molar-refractivity contribution in [3.63, 3.8) is 0 Å². The summed E-state index contributed by atoms with van der Waals surface area (Å²) in [4.78, 5) is 14.2. The number of piperidine rings is 1. The maximum Gasteiger partial charge on any atom is 0.260 e. The average Bonchev–Trinajstić information content (AvgIpc) is 3.08. The topological polar surface area (TPSA) is 47.4 Å². The molecular weight excluding hydrogens is 278 g/mol. The van der Waals surface area contributed by atoms with Crippen molar-refractivity contribution in [3.8, 4) is 11.4 Å². The van der Waals surface area contributed by atoms with Crippen LogP contribution >= 0.6 is 0 Å². The Morgan fingerprint density at radius 2 is 2.14 bits per heavy atom. The molecule has 3 rings (SSSR count). The Balaban J connectivity index is 1.56. The predicted octanol–water partition coefficient (Wildman–Crippen LogP) is 2.65. The summed E-state index contributed by atoms with van der Waals surface area (Å²) < 4.78 is 7.40. The van der Waals surface area contributed by atoms with E-state index in [0.717, 1.165) is 25.1 Å². The highest BCUT2D eigenvalue weighted by molar-refractivity contribution is 5.78. The van der Waals surface area contributed by atoms with Gasteiger partial charge in [0.15, 0.2) is 6.61 Å². The third kappa shape index (κ3) is 3.30. The molecular formula is C17H21N3O2. The molecule has 2 aromatic rings. The van der Waals surface area contributed by atoms with E-state index in [9.17, 15) is 4.79 Å². The van der Waals surface area contributed by atoms with Gasteiger partial charge in [0.1, 0.15) is 5.75 Å². The second-order valence-electron chi connectivity index (χ2n) is 5.67. The van der Waals surface area contributed by atoms with Crippen molar-refractivity contribution in [1.29, 1.82) is 0 Å². The van der Waals surface area contributed by atoms with Gasteiger partial charge in [-0.1, -0.05) is 0 Å². The first-order valence-electron chi connectivity index (χ1n) is 7.76. The Morgan fingerprint density at radius 1 is 1.32 bits per heavy atom. The van der Waals surface area contributed by atoms with Gasteiger partial charge in [0.05, 0.1) is 5.69 Å². The molecule has 0 aliphatic carbocycles. The minimum atomic E-state index is 0.0725. The van der Waals surface area contributed by atoms with Crippen LogP contribution in [-0.2, 0) is 4.79 Å². The maximum atomic E-state index is 12.2. The molecule has 2 heterocycles. The number of carbonyl (C=O) groups is 1. The van der Waals surface area contributed by atoms with Crippen molar-refractivity contribution >= 4 is 5.91 Å². The number of likely N-dealkylation sites (tertiary alicyclic amines) is 1. The van der Waals surface area contributed by atoms with Crippen LogP contribution in [0.25, 0.3) is 5.69 Å². The van der Waals surface area contributed by atoms with Gasteiger partial charge in [0, 0.05) is 25.0 Å². The molecule has 0 saturated carbocycles. The number of rotatable bonds is 4. The summed E-state index contributed by atoms with van der Waals surface area (Å²) in [7, 11) is 0. The lowest BCUT2D eigenvalue weighted by Gasteiger charge is -2.33. The van der Waals surface area contributed by atoms with Crippen molar-refractivity contribution in [1.82, 2.24) is 14.7 Å². The van der Waals surface area contributed by atoms with Crippen LogP contribution in [0.3, 0.4) is 0 Å². The normalized spacial score (nSPS) is 18.2. The fraction of sp³-hybridized carbons (Fsp3) is 0.412. The lowest BCUT2D eigenvalue weighted by molar-refractivity contribution is -0.136. The van der Waals surface area contributed by atoms with Crippen LogP contribution in [0.5, 0.6) is 5.75 Å². The third-order valence-electron chi connectivity index (χ3n) is 4.09. The van der Waals surface area contributed by atoms with Gasteiger partial charge >= 0.3 is 0 Å². The minimum Gasteiger partial charge on any atom is -0.484 e. The Kier molecular flexibility index (Phi) is 4.42. The highest BCUT2D eigenvalue weighted by Gasteiger charge is 2.23. The summed E-state index contributed by atoms with van der Waals surface area (Å²) in [6.45, 7) is 3.06. The summed E-state index contributed by atoms with van der Waals surface area (Å²) >= 11 is 0. The molecule has 22 heavy (non-hydrogen) atoms. The molecule has 1 atom stereocenters. The number of carbonyl (C=O) groups excluding carboxylic acids is 1. The van der Waals surface area contributed by atoms with E-state index in [4.69, 9.17) is 4.74 Å². The molecule has 0 spiro atoms. The molecule has 1 aromatic heterocycles. The number of ether oxygens (including phenoxy) is 1. The molecule has 0 bridgehead atoms. The highest BCUT2D eigenvalue weighted by atomic mass is 16.5. The lowest BCUT2D eigenvalue weighted by Crippen LogP contribution is -2.44. The van der Waals surface area contributed by atoms with Gasteiger partial charge < -0.3 is 9.64 Å². The highest BCUT2D eigenvalue weighted by Crippen LogP contribution is 2.18. The number of hydrogen-bond donors (Lipinski definition) is 0. The third-order valence-corrected chi connectivity index (χ3v) is 4.09. The molecule has 0 N–H and O–H groups in total. The molecule has 0 unspecified atom stereocenters. The number of amides is 1. The quantitative estimate of drug-likeness (QED) is 0.872. The van der Waals surface area contributed by atoms with Crippen molar-refractivity contribution in [2.45, 2.75) is 32.2 Å². The van der Waals surface area contributed by atoms with Gasteiger partial charge in [-0.25, -0.2) is 4.68 Å². The Labute approximate surface area is 130 Å². The Bertz CT molecular complexity index is 607. The van der Waals surface area contributed by atoms with Crippen LogP contribution in [0.15, 0.2) is 42.7 Å². The van der Waals surface area contributed by atoms with E-state index in [1.54, 1.807) is 10.9 Å². The molecule has 1 aromatic carbocycles. The van der Waals surface area contributed by atoms with Crippen LogP contribution in [0.4, 0.5) is 0 Å². The van der Waals surface area contributed by atoms with Crippen LogP contribution in [0, 0.1) is 0 Å². The average molecular weight is 299 g/mol. The van der Waals surface area contributed by atoms with Gasteiger partial charge in [0.2, 0.25) is 0 Å². The minimum absolute atomic E-state index is 0.0725. The summed E-state index contributed by atoms with van der Waals surface area (Å²) in [5.41, 5.74) is 0.966. The molecule has 1 amide bonds. The summed E-state index contributed by atoms with van der Waals surface area (Å²) in [5, 5.41) is 4.17. The number of aromatic nitrogens is 2. The summed E-state index contributed by atoms with van der Waals surface area (Å²) in [6, 6.07) is 9.79. The molecule has 0 radical (unpaired) electrons. The zero-order chi connectivity index (χ0) is 15.4. The van der Waals surface area contributed by atoms with Gasteiger partial charge in [0.25, 0.3) is 5.91 Å². The van der Waals surface area contributed by atoms with E-state index in [0.29, 0.717) is 11.8 Å². The zero-order valence-corrected chi connectivity index (χ0v) is 12.8. The maximum absolute atomic E-state index is 12.2. The first-order chi connectivity index (χ1) is 10.7. The summed E-state index contributed by atoms with van der Waals surface area (Å²) in [6.07, 6.45) is 7.01. The Morgan fingerprint density at radius 3 is 2.82 bits per heavy atom. The largest absolute Gasteiger partial charge is 0.484 e. The van der Waals surface area contributed by atoms with Crippen molar-refractivity contribution in [2.75, 3.05) is 13.2 Å². The van der Waals surface area contributed by atoms with Crippen LogP contribution < -0.4 is 4.74 Å². The smallest absolute Gasteiger partial charge is 0.260 e. The van der Waals surface area contributed by atoms with E-state index in [1.807, 2.05) is 41.4 Å². The van der Waals surface area contributed by atoms with Crippen LogP contribution in [0.1, 0.15) is 26.2 Å². The molecule has 116 valence electrons. The van der Waals surface area contributed by atoms with Crippen molar-refractivity contribution in [2.24, 2.45) is 0 Å². The van der Waals surface area contributed by atoms with Crippen LogP contribution in [-0.4, -0.2) is 39.8 Å². The zero-order valence-electron chi connectivity index (χ0n) is 12.8. The standard InChI is InChI=1S/C17H21N3O2/c1-14-5-2-3-11-19(14)17(21)13-22-16-8-6-15(7-9-16)20-12-4-10-18-20/h4,6-10,12,14H,2-3,5,11,13H2,1H3/t14-/m1/s1. The molecule has 1 aliphatic rings.